The van der Waals surface area contributed by atoms with Crippen LogP contribution in [-0.4, -0.2) is 4.98 Å². The fourth-order valence-corrected chi connectivity index (χ4v) is 2.53. The minimum Gasteiger partial charge on any atom is -0.437 e. The van der Waals surface area contributed by atoms with E-state index in [1.54, 1.807) is 12.1 Å². The molecule has 1 aromatic heterocycles. The molecule has 0 radical (unpaired) electrons. The van der Waals surface area contributed by atoms with Gasteiger partial charge in [-0.05, 0) is 30.3 Å². The van der Waals surface area contributed by atoms with E-state index in [-0.39, 0.29) is 0 Å². The van der Waals surface area contributed by atoms with E-state index in [2.05, 4.69) is 20.9 Å². The fourth-order valence-electron chi connectivity index (χ4n) is 2.04. The average Bonchev–Trinajstić information content (AvgIpc) is 2.50. The summed E-state index contributed by atoms with van der Waals surface area (Å²) in [4.78, 5) is 4.54. The summed E-state index contributed by atoms with van der Waals surface area (Å²) in [6, 6.07) is 15.3. The molecule has 0 aliphatic carbocycles. The predicted octanol–water partition coefficient (Wildman–Crippen LogP) is 4.90. The summed E-state index contributed by atoms with van der Waals surface area (Å²) < 4.78 is 6.75. The molecule has 0 amide bonds. The second-order valence-electron chi connectivity index (χ2n) is 4.53. The van der Waals surface area contributed by atoms with Crippen LogP contribution >= 0.6 is 27.5 Å². The summed E-state index contributed by atoms with van der Waals surface area (Å²) in [5, 5.41) is 1.56. The van der Waals surface area contributed by atoms with Crippen molar-refractivity contribution in [2.45, 2.75) is 6.54 Å². The lowest BCUT2D eigenvalue weighted by Crippen LogP contribution is -2.02. The van der Waals surface area contributed by atoms with Gasteiger partial charge in [0.1, 0.15) is 5.75 Å². The maximum absolute atomic E-state index is 6.16. The van der Waals surface area contributed by atoms with Crippen molar-refractivity contribution in [2.24, 2.45) is 5.73 Å². The zero-order chi connectivity index (χ0) is 14.8. The van der Waals surface area contributed by atoms with Crippen LogP contribution in [0, 0.1) is 0 Å². The second-order valence-corrected chi connectivity index (χ2v) is 5.85. The number of halogens is 2. The molecule has 0 saturated heterocycles. The van der Waals surface area contributed by atoms with E-state index in [0.29, 0.717) is 23.2 Å². The molecule has 3 rings (SSSR count). The Hall–Kier alpha value is -1.62. The Labute approximate surface area is 135 Å². The molecule has 21 heavy (non-hydrogen) atoms. The van der Waals surface area contributed by atoms with Gasteiger partial charge in [0, 0.05) is 22.0 Å². The van der Waals surface area contributed by atoms with Gasteiger partial charge in [0.2, 0.25) is 5.88 Å². The SMILES string of the molecule is NCc1cc2ccccc2nc1Oc1cc(Br)ccc1Cl. The van der Waals surface area contributed by atoms with Crippen LogP contribution in [0.4, 0.5) is 0 Å². The molecule has 106 valence electrons. The molecule has 0 atom stereocenters. The van der Waals surface area contributed by atoms with E-state index in [4.69, 9.17) is 22.1 Å². The Morgan fingerprint density at radius 2 is 1.95 bits per heavy atom. The quantitative estimate of drug-likeness (QED) is 0.720. The Morgan fingerprint density at radius 1 is 1.14 bits per heavy atom. The zero-order valence-corrected chi connectivity index (χ0v) is 13.4. The summed E-state index contributed by atoms with van der Waals surface area (Å²) in [7, 11) is 0. The van der Waals surface area contributed by atoms with Gasteiger partial charge in [-0.25, -0.2) is 4.98 Å². The van der Waals surface area contributed by atoms with Gasteiger partial charge in [0.15, 0.2) is 0 Å². The number of nitrogens with two attached hydrogens (primary N) is 1. The van der Waals surface area contributed by atoms with Gasteiger partial charge in [-0.2, -0.15) is 0 Å². The van der Waals surface area contributed by atoms with Crippen molar-refractivity contribution >= 4 is 38.4 Å². The van der Waals surface area contributed by atoms with Gasteiger partial charge in [-0.3, -0.25) is 0 Å². The first-order valence-electron chi connectivity index (χ1n) is 6.39. The lowest BCUT2D eigenvalue weighted by Gasteiger charge is -2.12. The number of aromatic nitrogens is 1. The van der Waals surface area contributed by atoms with Gasteiger partial charge >= 0.3 is 0 Å². The molecule has 0 bridgehead atoms. The molecule has 2 aromatic carbocycles. The number of pyridine rings is 1. The van der Waals surface area contributed by atoms with E-state index in [1.165, 1.54) is 0 Å². The number of benzene rings is 2. The van der Waals surface area contributed by atoms with Gasteiger partial charge in [0.25, 0.3) is 0 Å². The molecule has 2 N–H and O–H groups in total. The van der Waals surface area contributed by atoms with Crippen LogP contribution in [0.3, 0.4) is 0 Å². The third kappa shape index (κ3) is 3.02. The predicted molar refractivity (Wildman–Crippen MR) is 88.9 cm³/mol. The van der Waals surface area contributed by atoms with Crippen molar-refractivity contribution in [1.29, 1.82) is 0 Å². The normalized spacial score (nSPS) is 10.8. The first-order chi connectivity index (χ1) is 10.2. The molecule has 1 heterocycles. The molecular formula is C16H12BrClN2O. The standard InChI is InChI=1S/C16H12BrClN2O/c17-12-5-6-13(18)15(8-12)21-16-11(9-19)7-10-3-1-2-4-14(10)20-16/h1-8H,9,19H2. The summed E-state index contributed by atoms with van der Waals surface area (Å²) in [6.07, 6.45) is 0. The monoisotopic (exact) mass is 362 g/mol. The van der Waals surface area contributed by atoms with Gasteiger partial charge in [-0.1, -0.05) is 45.7 Å². The van der Waals surface area contributed by atoms with Gasteiger partial charge < -0.3 is 10.5 Å². The van der Waals surface area contributed by atoms with Crippen molar-refractivity contribution in [3.63, 3.8) is 0 Å². The molecule has 0 aliphatic rings. The van der Waals surface area contributed by atoms with Crippen LogP contribution in [0.25, 0.3) is 10.9 Å². The molecule has 0 fully saturated rings. The van der Waals surface area contributed by atoms with E-state index in [1.807, 2.05) is 36.4 Å². The molecular weight excluding hydrogens is 352 g/mol. The molecule has 0 saturated carbocycles. The second kappa shape index (κ2) is 6.02. The van der Waals surface area contributed by atoms with Crippen LogP contribution in [0.15, 0.2) is 53.0 Å². The minimum atomic E-state index is 0.346. The number of rotatable bonds is 3. The number of nitrogens with zero attached hydrogens (tertiary/aromatic N) is 1. The van der Waals surface area contributed by atoms with Crippen molar-refractivity contribution in [3.8, 4) is 11.6 Å². The first kappa shape index (κ1) is 14.3. The highest BCUT2D eigenvalue weighted by molar-refractivity contribution is 9.10. The van der Waals surface area contributed by atoms with E-state index < -0.39 is 0 Å². The van der Waals surface area contributed by atoms with E-state index >= 15 is 0 Å². The molecule has 3 nitrogen and oxygen atoms in total. The largest absolute Gasteiger partial charge is 0.437 e. The molecule has 3 aromatic rings. The lowest BCUT2D eigenvalue weighted by atomic mass is 10.1. The van der Waals surface area contributed by atoms with Crippen molar-refractivity contribution in [1.82, 2.24) is 4.98 Å². The Kier molecular flexibility index (Phi) is 4.10. The summed E-state index contributed by atoms with van der Waals surface area (Å²) in [5.74, 6) is 1.03. The van der Waals surface area contributed by atoms with Crippen LogP contribution in [0.5, 0.6) is 11.6 Å². The Morgan fingerprint density at radius 3 is 2.76 bits per heavy atom. The Balaban J connectivity index is 2.08. The molecule has 0 unspecified atom stereocenters. The number of hydrogen-bond acceptors (Lipinski definition) is 3. The molecule has 5 heteroatoms. The summed E-state index contributed by atoms with van der Waals surface area (Å²) in [5.41, 5.74) is 7.50. The third-order valence-electron chi connectivity index (χ3n) is 3.08. The number of ether oxygens (including phenoxy) is 1. The van der Waals surface area contributed by atoms with Crippen molar-refractivity contribution < 1.29 is 4.74 Å². The van der Waals surface area contributed by atoms with Crippen LogP contribution in [0.1, 0.15) is 5.56 Å². The molecule has 0 aliphatic heterocycles. The topological polar surface area (TPSA) is 48.1 Å². The maximum atomic E-state index is 6.16. The maximum Gasteiger partial charge on any atom is 0.224 e. The van der Waals surface area contributed by atoms with Crippen LogP contribution in [-0.2, 0) is 6.54 Å². The summed E-state index contributed by atoms with van der Waals surface area (Å²) >= 11 is 9.56. The highest BCUT2D eigenvalue weighted by atomic mass is 79.9. The highest BCUT2D eigenvalue weighted by Gasteiger charge is 2.10. The summed E-state index contributed by atoms with van der Waals surface area (Å²) in [6.45, 7) is 0.346. The number of para-hydroxylation sites is 1. The fraction of sp³-hybridized carbons (Fsp3) is 0.0625. The first-order valence-corrected chi connectivity index (χ1v) is 7.56. The minimum absolute atomic E-state index is 0.346. The van der Waals surface area contributed by atoms with Crippen LogP contribution < -0.4 is 10.5 Å². The number of hydrogen-bond donors (Lipinski definition) is 1. The van der Waals surface area contributed by atoms with E-state index in [9.17, 15) is 0 Å². The number of fused-ring (bicyclic) bond motifs is 1. The highest BCUT2D eigenvalue weighted by Crippen LogP contribution is 2.33. The lowest BCUT2D eigenvalue weighted by molar-refractivity contribution is 0.458. The van der Waals surface area contributed by atoms with Crippen LogP contribution in [0.2, 0.25) is 5.02 Å². The van der Waals surface area contributed by atoms with Gasteiger partial charge in [-0.15, -0.1) is 0 Å². The van der Waals surface area contributed by atoms with Crippen molar-refractivity contribution in [3.05, 3.63) is 63.6 Å². The average molecular weight is 364 g/mol. The van der Waals surface area contributed by atoms with E-state index in [0.717, 1.165) is 20.9 Å². The zero-order valence-electron chi connectivity index (χ0n) is 11.0. The van der Waals surface area contributed by atoms with Gasteiger partial charge in [0.05, 0.1) is 10.5 Å². The third-order valence-corrected chi connectivity index (χ3v) is 3.89. The molecule has 0 spiro atoms. The smallest absolute Gasteiger partial charge is 0.224 e. The Bertz CT molecular complexity index is 807. The van der Waals surface area contributed by atoms with Crippen molar-refractivity contribution in [2.75, 3.05) is 0 Å².